The van der Waals surface area contributed by atoms with Gasteiger partial charge in [-0.1, -0.05) is 0 Å². The van der Waals surface area contributed by atoms with Gasteiger partial charge in [-0.25, -0.2) is 18.1 Å². The van der Waals surface area contributed by atoms with Gasteiger partial charge in [0.2, 0.25) is 15.9 Å². The number of fused-ring (bicyclic) bond motifs is 1. The summed E-state index contributed by atoms with van der Waals surface area (Å²) in [7, 11) is -3.54. The highest BCUT2D eigenvalue weighted by molar-refractivity contribution is 7.89. The Labute approximate surface area is 99.0 Å². The molecule has 7 heteroatoms. The topological polar surface area (TPSA) is 77.5 Å². The molecule has 1 aromatic rings. The zero-order chi connectivity index (χ0) is 11.9. The van der Waals surface area contributed by atoms with Crippen LogP contribution in [0.2, 0.25) is 0 Å². The SMILES string of the molecule is O=S1(=O)NCC2(CCOC2)Oc2ncccc21. The Balaban J connectivity index is 2.10. The van der Waals surface area contributed by atoms with Crippen molar-refractivity contribution in [3.8, 4) is 5.88 Å². The van der Waals surface area contributed by atoms with Crippen LogP contribution in [0.15, 0.2) is 23.2 Å². The summed E-state index contributed by atoms with van der Waals surface area (Å²) >= 11 is 0. The van der Waals surface area contributed by atoms with E-state index >= 15 is 0 Å². The van der Waals surface area contributed by atoms with Crippen LogP contribution in [0.5, 0.6) is 5.88 Å². The number of pyridine rings is 1. The third-order valence-electron chi connectivity index (χ3n) is 2.99. The fourth-order valence-electron chi connectivity index (χ4n) is 2.01. The largest absolute Gasteiger partial charge is 0.466 e. The molecule has 1 saturated heterocycles. The van der Waals surface area contributed by atoms with Gasteiger partial charge in [0.25, 0.3) is 0 Å². The summed E-state index contributed by atoms with van der Waals surface area (Å²) in [4.78, 5) is 4.08. The molecular formula is C10H12N2O4S. The Hall–Kier alpha value is -1.18. The van der Waals surface area contributed by atoms with Crippen molar-refractivity contribution in [3.05, 3.63) is 18.3 Å². The molecule has 0 aliphatic carbocycles. The van der Waals surface area contributed by atoms with Gasteiger partial charge in [-0.3, -0.25) is 0 Å². The first-order chi connectivity index (χ1) is 8.11. The zero-order valence-corrected chi connectivity index (χ0v) is 9.87. The number of ether oxygens (including phenoxy) is 2. The van der Waals surface area contributed by atoms with Crippen LogP contribution in [0.25, 0.3) is 0 Å². The Morgan fingerprint density at radius 2 is 2.35 bits per heavy atom. The maximum absolute atomic E-state index is 12.0. The molecule has 1 spiro atoms. The first-order valence-corrected chi connectivity index (χ1v) is 6.81. The van der Waals surface area contributed by atoms with E-state index in [4.69, 9.17) is 9.47 Å². The molecule has 3 rings (SSSR count). The van der Waals surface area contributed by atoms with Crippen molar-refractivity contribution in [2.75, 3.05) is 19.8 Å². The molecule has 2 aliphatic heterocycles. The van der Waals surface area contributed by atoms with Gasteiger partial charge in [0.05, 0.1) is 19.8 Å². The Bertz CT molecular complexity index is 537. The first-order valence-electron chi connectivity index (χ1n) is 5.33. The third-order valence-corrected chi connectivity index (χ3v) is 4.40. The molecule has 0 saturated carbocycles. The lowest BCUT2D eigenvalue weighted by molar-refractivity contribution is 0.0502. The second-order valence-electron chi connectivity index (χ2n) is 4.22. The molecule has 1 aromatic heterocycles. The van der Waals surface area contributed by atoms with Crippen molar-refractivity contribution in [1.29, 1.82) is 0 Å². The highest BCUT2D eigenvalue weighted by Crippen LogP contribution is 2.32. The summed E-state index contributed by atoms with van der Waals surface area (Å²) in [5.41, 5.74) is -0.618. The summed E-state index contributed by atoms with van der Waals surface area (Å²) in [6.07, 6.45) is 2.18. The van der Waals surface area contributed by atoms with Crippen molar-refractivity contribution in [2.45, 2.75) is 16.9 Å². The highest BCUT2D eigenvalue weighted by atomic mass is 32.2. The van der Waals surface area contributed by atoms with E-state index in [0.717, 1.165) is 0 Å². The third kappa shape index (κ3) is 1.80. The molecule has 0 radical (unpaired) electrons. The van der Waals surface area contributed by atoms with Crippen LogP contribution in [0.1, 0.15) is 6.42 Å². The van der Waals surface area contributed by atoms with Crippen molar-refractivity contribution < 1.29 is 17.9 Å². The molecule has 1 fully saturated rings. The Morgan fingerprint density at radius 1 is 1.47 bits per heavy atom. The Kier molecular flexibility index (Phi) is 2.35. The molecule has 17 heavy (non-hydrogen) atoms. The van der Waals surface area contributed by atoms with E-state index < -0.39 is 15.6 Å². The van der Waals surface area contributed by atoms with Gasteiger partial charge in [0.15, 0.2) is 0 Å². The van der Waals surface area contributed by atoms with Crippen LogP contribution in [0, 0.1) is 0 Å². The predicted octanol–water partition coefficient (Wildman–Crippen LogP) is -0.0886. The van der Waals surface area contributed by atoms with Gasteiger partial charge in [-0.15, -0.1) is 0 Å². The van der Waals surface area contributed by atoms with E-state index in [1.807, 2.05) is 0 Å². The summed E-state index contributed by atoms with van der Waals surface area (Å²) in [6.45, 7) is 1.17. The van der Waals surface area contributed by atoms with Gasteiger partial charge in [-0.2, -0.15) is 0 Å². The number of nitrogens with zero attached hydrogens (tertiary/aromatic N) is 1. The maximum atomic E-state index is 12.0. The van der Waals surface area contributed by atoms with Gasteiger partial charge in [0, 0.05) is 12.6 Å². The lowest BCUT2D eigenvalue weighted by Gasteiger charge is -2.25. The molecule has 6 nitrogen and oxygen atoms in total. The molecule has 1 N–H and O–H groups in total. The number of rotatable bonds is 0. The van der Waals surface area contributed by atoms with Gasteiger partial charge in [0.1, 0.15) is 10.5 Å². The van der Waals surface area contributed by atoms with Crippen LogP contribution in [0.3, 0.4) is 0 Å². The minimum absolute atomic E-state index is 0.0868. The lowest BCUT2D eigenvalue weighted by Crippen LogP contribution is -2.45. The van der Waals surface area contributed by atoms with Crippen molar-refractivity contribution in [3.63, 3.8) is 0 Å². The van der Waals surface area contributed by atoms with Crippen LogP contribution >= 0.6 is 0 Å². The number of hydrogen-bond donors (Lipinski definition) is 1. The highest BCUT2D eigenvalue weighted by Gasteiger charge is 2.42. The molecule has 1 unspecified atom stereocenters. The Morgan fingerprint density at radius 3 is 3.12 bits per heavy atom. The second kappa shape index (κ2) is 3.66. The molecule has 0 aromatic carbocycles. The monoisotopic (exact) mass is 256 g/mol. The van der Waals surface area contributed by atoms with E-state index in [1.165, 1.54) is 12.3 Å². The average Bonchev–Trinajstić information content (AvgIpc) is 2.72. The smallest absolute Gasteiger partial charge is 0.246 e. The summed E-state index contributed by atoms with van der Waals surface area (Å²) in [6, 6.07) is 3.06. The standard InChI is InChI=1S/C10H12N2O4S/c13-17(14)8-2-1-4-11-9(8)16-10(6-12-17)3-5-15-7-10/h1-2,4,12H,3,5-7H2. The molecule has 3 heterocycles. The minimum atomic E-state index is -3.54. The van der Waals surface area contributed by atoms with Crippen LogP contribution < -0.4 is 9.46 Å². The van der Waals surface area contributed by atoms with Crippen LogP contribution in [-0.4, -0.2) is 38.8 Å². The van der Waals surface area contributed by atoms with Crippen LogP contribution in [0.4, 0.5) is 0 Å². The number of sulfonamides is 1. The van der Waals surface area contributed by atoms with Crippen molar-refractivity contribution in [1.82, 2.24) is 9.71 Å². The average molecular weight is 256 g/mol. The molecule has 1 atom stereocenters. The zero-order valence-electron chi connectivity index (χ0n) is 9.05. The summed E-state index contributed by atoms with van der Waals surface area (Å²) in [5.74, 6) is 0.156. The van der Waals surface area contributed by atoms with E-state index in [9.17, 15) is 8.42 Å². The van der Waals surface area contributed by atoms with Crippen LogP contribution in [-0.2, 0) is 14.8 Å². The van der Waals surface area contributed by atoms with E-state index in [1.54, 1.807) is 6.07 Å². The second-order valence-corrected chi connectivity index (χ2v) is 5.95. The number of hydrogen-bond acceptors (Lipinski definition) is 5. The van der Waals surface area contributed by atoms with Gasteiger partial charge >= 0.3 is 0 Å². The quantitative estimate of drug-likeness (QED) is 0.702. The number of nitrogens with one attached hydrogen (secondary N) is 1. The normalized spacial score (nSPS) is 30.6. The summed E-state index contributed by atoms with van der Waals surface area (Å²) in [5, 5.41) is 0. The van der Waals surface area contributed by atoms with E-state index in [2.05, 4.69) is 9.71 Å². The predicted molar refractivity (Wildman–Crippen MR) is 58.2 cm³/mol. The van der Waals surface area contributed by atoms with E-state index in [-0.39, 0.29) is 17.3 Å². The number of aromatic nitrogens is 1. The van der Waals surface area contributed by atoms with Crippen molar-refractivity contribution >= 4 is 10.0 Å². The molecule has 0 amide bonds. The van der Waals surface area contributed by atoms with E-state index in [0.29, 0.717) is 19.6 Å². The maximum Gasteiger partial charge on any atom is 0.246 e. The van der Waals surface area contributed by atoms with Crippen molar-refractivity contribution in [2.24, 2.45) is 0 Å². The lowest BCUT2D eigenvalue weighted by atomic mass is 10.0. The minimum Gasteiger partial charge on any atom is -0.466 e. The van der Waals surface area contributed by atoms with Gasteiger partial charge < -0.3 is 9.47 Å². The first kappa shape index (κ1) is 10.9. The summed E-state index contributed by atoms with van der Waals surface area (Å²) < 4.78 is 37.5. The molecule has 2 aliphatic rings. The van der Waals surface area contributed by atoms with Gasteiger partial charge in [-0.05, 0) is 12.1 Å². The molecule has 92 valence electrons. The molecule has 0 bridgehead atoms. The fourth-order valence-corrected chi connectivity index (χ4v) is 3.20. The fraction of sp³-hybridized carbons (Fsp3) is 0.500. The molecular weight excluding hydrogens is 244 g/mol.